The molecule has 0 fully saturated rings. The molecule has 0 saturated carbocycles. The molecule has 0 aliphatic carbocycles. The molecule has 0 saturated heterocycles. The van der Waals surface area contributed by atoms with Crippen molar-refractivity contribution in [3.8, 4) is 0 Å². The second-order valence-corrected chi connectivity index (χ2v) is 6.49. The number of carbonyl (C=O) groups is 3. The number of anilines is 1. The van der Waals surface area contributed by atoms with Gasteiger partial charge in [0.2, 0.25) is 0 Å². The number of benzene rings is 2. The minimum Gasteiger partial charge on any atom is -0.451 e. The molecule has 0 spiro atoms. The van der Waals surface area contributed by atoms with Gasteiger partial charge >= 0.3 is 5.97 Å². The first kappa shape index (κ1) is 20.7. The third kappa shape index (κ3) is 5.51. The quantitative estimate of drug-likeness (QED) is 0.590. The molecule has 0 bridgehead atoms. The predicted octanol–water partition coefficient (Wildman–Crippen LogP) is 3.37. The van der Waals surface area contributed by atoms with Crippen LogP contribution >= 0.6 is 0 Å². The van der Waals surface area contributed by atoms with E-state index < -0.39 is 18.5 Å². The van der Waals surface area contributed by atoms with E-state index in [0.29, 0.717) is 11.3 Å². The van der Waals surface area contributed by atoms with Crippen LogP contribution in [-0.2, 0) is 9.53 Å². The zero-order chi connectivity index (χ0) is 21.3. The summed E-state index contributed by atoms with van der Waals surface area (Å²) in [6, 6.07) is 20.8. The van der Waals surface area contributed by atoms with Gasteiger partial charge in [-0.3, -0.25) is 9.59 Å². The highest BCUT2D eigenvalue weighted by molar-refractivity contribution is 6.04. The topological polar surface area (TPSA) is 97.4 Å². The molecule has 3 aromatic rings. The van der Waals surface area contributed by atoms with Gasteiger partial charge < -0.3 is 15.4 Å². The van der Waals surface area contributed by atoms with Crippen LogP contribution in [0.25, 0.3) is 0 Å². The summed E-state index contributed by atoms with van der Waals surface area (Å²) >= 11 is 0. The molecular weight excluding hydrogens is 382 g/mol. The average Bonchev–Trinajstić information content (AvgIpc) is 2.79. The second-order valence-electron chi connectivity index (χ2n) is 6.49. The van der Waals surface area contributed by atoms with E-state index in [-0.39, 0.29) is 17.6 Å². The SMILES string of the molecule is C[C@H](NC(=O)c1ccccc1NC(=O)COC(=O)c1ccccn1)c1ccccc1. The lowest BCUT2D eigenvalue weighted by atomic mass is 10.1. The van der Waals surface area contributed by atoms with Crippen LogP contribution in [0.3, 0.4) is 0 Å². The van der Waals surface area contributed by atoms with Gasteiger partial charge in [0.25, 0.3) is 11.8 Å². The number of pyridine rings is 1. The van der Waals surface area contributed by atoms with Gasteiger partial charge in [0.15, 0.2) is 6.61 Å². The Balaban J connectivity index is 1.61. The van der Waals surface area contributed by atoms with Crippen LogP contribution in [0.4, 0.5) is 5.69 Å². The van der Waals surface area contributed by atoms with Crippen molar-refractivity contribution in [2.75, 3.05) is 11.9 Å². The van der Waals surface area contributed by atoms with E-state index in [9.17, 15) is 14.4 Å². The first-order valence-corrected chi connectivity index (χ1v) is 9.37. The Hall–Kier alpha value is -4.00. The summed E-state index contributed by atoms with van der Waals surface area (Å²) in [5, 5.41) is 5.53. The van der Waals surface area contributed by atoms with Crippen molar-refractivity contribution in [3.63, 3.8) is 0 Å². The summed E-state index contributed by atoms with van der Waals surface area (Å²) in [7, 11) is 0. The molecule has 7 nitrogen and oxygen atoms in total. The highest BCUT2D eigenvalue weighted by Crippen LogP contribution is 2.18. The summed E-state index contributed by atoms with van der Waals surface area (Å²) < 4.78 is 4.97. The van der Waals surface area contributed by atoms with E-state index in [0.717, 1.165) is 5.56 Å². The van der Waals surface area contributed by atoms with Crippen LogP contribution in [0.2, 0.25) is 0 Å². The van der Waals surface area contributed by atoms with E-state index in [1.807, 2.05) is 37.3 Å². The van der Waals surface area contributed by atoms with Gasteiger partial charge in [-0.2, -0.15) is 0 Å². The van der Waals surface area contributed by atoms with Crippen molar-refractivity contribution in [1.82, 2.24) is 10.3 Å². The fraction of sp³-hybridized carbons (Fsp3) is 0.130. The number of rotatable bonds is 7. The molecule has 152 valence electrons. The number of amides is 2. The van der Waals surface area contributed by atoms with Crippen LogP contribution in [0.5, 0.6) is 0 Å². The minimum atomic E-state index is -0.700. The first-order chi connectivity index (χ1) is 14.5. The van der Waals surface area contributed by atoms with Gasteiger partial charge in [0.05, 0.1) is 17.3 Å². The largest absolute Gasteiger partial charge is 0.451 e. The Labute approximate surface area is 174 Å². The maximum atomic E-state index is 12.7. The van der Waals surface area contributed by atoms with Gasteiger partial charge in [0, 0.05) is 6.20 Å². The molecule has 2 N–H and O–H groups in total. The molecular formula is C23H21N3O4. The number of carbonyl (C=O) groups excluding carboxylic acids is 3. The molecule has 30 heavy (non-hydrogen) atoms. The van der Waals surface area contributed by atoms with E-state index >= 15 is 0 Å². The van der Waals surface area contributed by atoms with Gasteiger partial charge in [-0.25, -0.2) is 9.78 Å². The fourth-order valence-corrected chi connectivity index (χ4v) is 2.76. The smallest absolute Gasteiger partial charge is 0.357 e. The Kier molecular flexibility index (Phi) is 6.89. The molecule has 3 rings (SSSR count). The minimum absolute atomic E-state index is 0.111. The number of esters is 1. The number of aromatic nitrogens is 1. The predicted molar refractivity (Wildman–Crippen MR) is 112 cm³/mol. The fourth-order valence-electron chi connectivity index (χ4n) is 2.76. The molecule has 1 atom stereocenters. The number of nitrogens with zero attached hydrogens (tertiary/aromatic N) is 1. The molecule has 2 amide bonds. The lowest BCUT2D eigenvalue weighted by molar-refractivity contribution is -0.119. The van der Waals surface area contributed by atoms with Crippen LogP contribution in [0.1, 0.15) is 39.4 Å². The van der Waals surface area contributed by atoms with E-state index in [2.05, 4.69) is 15.6 Å². The molecule has 0 aliphatic rings. The van der Waals surface area contributed by atoms with Crippen molar-refractivity contribution in [1.29, 1.82) is 0 Å². The van der Waals surface area contributed by atoms with Crippen molar-refractivity contribution < 1.29 is 19.1 Å². The second kappa shape index (κ2) is 9.97. The summed E-state index contributed by atoms with van der Waals surface area (Å²) in [5.74, 6) is -1.59. The molecule has 1 aromatic heterocycles. The Morgan fingerprint density at radius 2 is 1.63 bits per heavy atom. The Morgan fingerprint density at radius 3 is 2.37 bits per heavy atom. The number of nitrogens with one attached hydrogen (secondary N) is 2. The highest BCUT2D eigenvalue weighted by atomic mass is 16.5. The van der Waals surface area contributed by atoms with E-state index in [1.54, 1.807) is 36.4 Å². The zero-order valence-corrected chi connectivity index (χ0v) is 16.4. The average molecular weight is 403 g/mol. The highest BCUT2D eigenvalue weighted by Gasteiger charge is 2.17. The third-order valence-corrected chi connectivity index (χ3v) is 4.30. The third-order valence-electron chi connectivity index (χ3n) is 4.30. The maximum Gasteiger partial charge on any atom is 0.357 e. The van der Waals surface area contributed by atoms with Gasteiger partial charge in [0.1, 0.15) is 5.69 Å². The Bertz CT molecular complexity index is 1020. The number of hydrogen-bond acceptors (Lipinski definition) is 5. The van der Waals surface area contributed by atoms with Gasteiger partial charge in [-0.1, -0.05) is 48.5 Å². The first-order valence-electron chi connectivity index (χ1n) is 9.37. The summed E-state index contributed by atoms with van der Waals surface area (Å²) in [4.78, 5) is 40.7. The summed E-state index contributed by atoms with van der Waals surface area (Å²) in [6.07, 6.45) is 1.46. The van der Waals surface area contributed by atoms with Crippen LogP contribution in [-0.4, -0.2) is 29.4 Å². The Morgan fingerprint density at radius 1 is 0.933 bits per heavy atom. The molecule has 0 unspecified atom stereocenters. The molecule has 1 heterocycles. The van der Waals surface area contributed by atoms with E-state index in [1.165, 1.54) is 12.3 Å². The summed E-state index contributed by atoms with van der Waals surface area (Å²) in [5.41, 5.74) is 1.72. The van der Waals surface area contributed by atoms with Crippen LogP contribution in [0, 0.1) is 0 Å². The number of ether oxygens (including phenoxy) is 1. The standard InChI is InChI=1S/C23H21N3O4/c1-16(17-9-3-2-4-10-17)25-22(28)18-11-5-6-12-19(18)26-21(27)15-30-23(29)20-13-7-8-14-24-20/h2-14,16H,15H2,1H3,(H,25,28)(H,26,27)/t16-/m0/s1. The number of para-hydroxylation sites is 1. The normalized spacial score (nSPS) is 11.2. The molecule has 0 radical (unpaired) electrons. The van der Waals surface area contributed by atoms with Crippen molar-refractivity contribution in [2.45, 2.75) is 13.0 Å². The van der Waals surface area contributed by atoms with Crippen molar-refractivity contribution in [3.05, 3.63) is 95.8 Å². The van der Waals surface area contributed by atoms with Crippen molar-refractivity contribution >= 4 is 23.5 Å². The monoisotopic (exact) mass is 403 g/mol. The van der Waals surface area contributed by atoms with Crippen molar-refractivity contribution in [2.24, 2.45) is 0 Å². The van der Waals surface area contributed by atoms with Crippen LogP contribution in [0.15, 0.2) is 79.0 Å². The maximum absolute atomic E-state index is 12.7. The van der Waals surface area contributed by atoms with E-state index in [4.69, 9.17) is 4.74 Å². The molecule has 7 heteroatoms. The zero-order valence-electron chi connectivity index (χ0n) is 16.4. The van der Waals surface area contributed by atoms with Crippen LogP contribution < -0.4 is 10.6 Å². The number of hydrogen-bond donors (Lipinski definition) is 2. The lowest BCUT2D eigenvalue weighted by Crippen LogP contribution is -2.28. The molecule has 2 aromatic carbocycles. The van der Waals surface area contributed by atoms with Gasteiger partial charge in [-0.05, 0) is 36.8 Å². The lowest BCUT2D eigenvalue weighted by Gasteiger charge is -2.16. The van der Waals surface area contributed by atoms with Gasteiger partial charge in [-0.15, -0.1) is 0 Å². The molecule has 0 aliphatic heterocycles. The summed E-state index contributed by atoms with van der Waals surface area (Å²) in [6.45, 7) is 1.39.